The zero-order valence-electron chi connectivity index (χ0n) is 18.2. The van der Waals surface area contributed by atoms with Crippen LogP contribution in [0.4, 0.5) is 16.1 Å². The lowest BCUT2D eigenvalue weighted by Crippen LogP contribution is -2.24. The fourth-order valence-corrected chi connectivity index (χ4v) is 3.47. The molecule has 0 saturated heterocycles. The van der Waals surface area contributed by atoms with Crippen LogP contribution in [0.5, 0.6) is 0 Å². The molecule has 170 valence electrons. The molecule has 0 aliphatic carbocycles. The van der Waals surface area contributed by atoms with E-state index in [-0.39, 0.29) is 11.5 Å². The molecule has 2 N–H and O–H groups in total. The molecule has 0 spiro atoms. The highest BCUT2D eigenvalue weighted by Gasteiger charge is 2.15. The van der Waals surface area contributed by atoms with Crippen LogP contribution in [0.2, 0.25) is 5.02 Å². The van der Waals surface area contributed by atoms with Gasteiger partial charge in [-0.1, -0.05) is 42.7 Å². The quantitative estimate of drug-likeness (QED) is 0.378. The number of anilines is 2. The number of hydrogen-bond acceptors (Lipinski definition) is 6. The summed E-state index contributed by atoms with van der Waals surface area (Å²) in [6.07, 6.45) is 2.08. The number of halogens is 2. The Labute approximate surface area is 192 Å². The summed E-state index contributed by atoms with van der Waals surface area (Å²) in [6.45, 7) is 8.25. The first-order valence-corrected chi connectivity index (χ1v) is 11.0. The van der Waals surface area contributed by atoms with Crippen molar-refractivity contribution < 1.29 is 13.6 Å². The summed E-state index contributed by atoms with van der Waals surface area (Å²) in [6, 6.07) is 11.0. The summed E-state index contributed by atoms with van der Waals surface area (Å²) in [5, 5.41) is 14.1. The van der Waals surface area contributed by atoms with E-state index in [4.69, 9.17) is 16.0 Å². The number of benzene rings is 2. The first-order chi connectivity index (χ1) is 15.5. The molecular weight excluding hydrogens is 433 g/mol. The normalized spacial score (nSPS) is 11.0. The Kier molecular flexibility index (Phi) is 8.58. The lowest BCUT2D eigenvalue weighted by molar-refractivity contribution is 0.102. The molecule has 0 aliphatic heterocycles. The van der Waals surface area contributed by atoms with Crippen LogP contribution in [0.15, 0.2) is 46.9 Å². The van der Waals surface area contributed by atoms with Gasteiger partial charge in [-0.05, 0) is 62.8 Å². The largest absolute Gasteiger partial charge is 0.403 e. The maximum absolute atomic E-state index is 13.8. The van der Waals surface area contributed by atoms with E-state index in [1.807, 2.05) is 0 Å². The molecule has 0 saturated carbocycles. The van der Waals surface area contributed by atoms with Crippen molar-refractivity contribution in [3.8, 4) is 11.5 Å². The van der Waals surface area contributed by atoms with Crippen molar-refractivity contribution in [3.05, 3.63) is 58.9 Å². The van der Waals surface area contributed by atoms with Crippen LogP contribution >= 0.6 is 11.6 Å². The molecule has 7 nitrogen and oxygen atoms in total. The van der Waals surface area contributed by atoms with Gasteiger partial charge in [0, 0.05) is 12.2 Å². The number of carbonyl (C=O) groups is 1. The second-order valence-corrected chi connectivity index (χ2v) is 7.61. The molecule has 1 heterocycles. The molecule has 32 heavy (non-hydrogen) atoms. The lowest BCUT2D eigenvalue weighted by atomic mass is 10.1. The maximum Gasteiger partial charge on any atom is 0.315 e. The fourth-order valence-electron chi connectivity index (χ4n) is 3.21. The number of hydrogen-bond donors (Lipinski definition) is 2. The summed E-state index contributed by atoms with van der Waals surface area (Å²) in [7, 11) is 0. The van der Waals surface area contributed by atoms with Crippen LogP contribution in [0, 0.1) is 5.82 Å². The van der Waals surface area contributed by atoms with Crippen molar-refractivity contribution in [1.82, 2.24) is 15.1 Å². The van der Waals surface area contributed by atoms with Crippen molar-refractivity contribution in [1.29, 1.82) is 0 Å². The second kappa shape index (κ2) is 11.6. The summed E-state index contributed by atoms with van der Waals surface area (Å²) in [4.78, 5) is 14.7. The molecule has 3 aromatic rings. The van der Waals surface area contributed by atoms with E-state index in [9.17, 15) is 9.18 Å². The molecule has 0 radical (unpaired) electrons. The molecule has 0 bridgehead atoms. The molecule has 1 amide bonds. The van der Waals surface area contributed by atoms with Crippen LogP contribution in [0.3, 0.4) is 0 Å². The van der Waals surface area contributed by atoms with E-state index >= 15 is 0 Å². The third-order valence-electron chi connectivity index (χ3n) is 5.07. The Morgan fingerprint density at radius 3 is 2.62 bits per heavy atom. The minimum Gasteiger partial charge on any atom is -0.403 e. The Hall–Kier alpha value is -2.97. The molecule has 0 unspecified atom stereocenters. The zero-order valence-corrected chi connectivity index (χ0v) is 19.0. The standard InChI is InChI=1S/C23H27ClFN5O2/c1-3-30(4-2)14-8-7-13-26-23-29-28-22(32-23)17-12-11-16(15-19(17)24)27-21(31)18-9-5-6-10-20(18)25/h5-6,9-12,15H,3-4,7-8,13-14H2,1-2H3,(H,26,29)(H,27,31). The Morgan fingerprint density at radius 1 is 1.12 bits per heavy atom. The van der Waals surface area contributed by atoms with Gasteiger partial charge in [0.1, 0.15) is 5.82 Å². The Morgan fingerprint density at radius 2 is 1.91 bits per heavy atom. The molecule has 3 rings (SSSR count). The highest BCUT2D eigenvalue weighted by Crippen LogP contribution is 2.30. The van der Waals surface area contributed by atoms with Crippen LogP contribution in [-0.4, -0.2) is 47.2 Å². The van der Waals surface area contributed by atoms with Crippen molar-refractivity contribution in [2.24, 2.45) is 0 Å². The predicted molar refractivity (Wildman–Crippen MR) is 125 cm³/mol. The van der Waals surface area contributed by atoms with Gasteiger partial charge in [0.05, 0.1) is 16.1 Å². The van der Waals surface area contributed by atoms with Gasteiger partial charge in [0.2, 0.25) is 0 Å². The first-order valence-electron chi connectivity index (χ1n) is 10.7. The van der Waals surface area contributed by atoms with Gasteiger partial charge in [-0.15, -0.1) is 5.10 Å². The van der Waals surface area contributed by atoms with Gasteiger partial charge < -0.3 is 20.0 Å². The fraction of sp³-hybridized carbons (Fsp3) is 0.348. The summed E-state index contributed by atoms with van der Waals surface area (Å²) in [5.41, 5.74) is 0.924. The van der Waals surface area contributed by atoms with Crippen molar-refractivity contribution in [2.45, 2.75) is 26.7 Å². The zero-order chi connectivity index (χ0) is 22.9. The first kappa shape index (κ1) is 23.7. The van der Waals surface area contributed by atoms with Gasteiger partial charge >= 0.3 is 6.01 Å². The Bertz CT molecular complexity index is 1040. The van der Waals surface area contributed by atoms with E-state index in [0.29, 0.717) is 22.3 Å². The van der Waals surface area contributed by atoms with Crippen molar-refractivity contribution in [2.75, 3.05) is 36.8 Å². The SMILES string of the molecule is CCN(CC)CCCCNc1nnc(-c2ccc(NC(=O)c3ccccc3F)cc2Cl)o1. The average molecular weight is 460 g/mol. The highest BCUT2D eigenvalue weighted by molar-refractivity contribution is 6.33. The van der Waals surface area contributed by atoms with E-state index < -0.39 is 11.7 Å². The molecule has 2 aromatic carbocycles. The van der Waals surface area contributed by atoms with E-state index in [0.717, 1.165) is 39.0 Å². The van der Waals surface area contributed by atoms with Gasteiger partial charge in [-0.25, -0.2) is 4.39 Å². The third-order valence-corrected chi connectivity index (χ3v) is 5.39. The van der Waals surface area contributed by atoms with E-state index in [1.54, 1.807) is 24.3 Å². The van der Waals surface area contributed by atoms with Gasteiger partial charge in [-0.2, -0.15) is 0 Å². The van der Waals surface area contributed by atoms with Gasteiger partial charge in [0.15, 0.2) is 0 Å². The third kappa shape index (κ3) is 6.27. The monoisotopic (exact) mass is 459 g/mol. The molecular formula is C23H27ClFN5O2. The van der Waals surface area contributed by atoms with Gasteiger partial charge in [-0.3, -0.25) is 4.79 Å². The molecule has 0 fully saturated rings. The lowest BCUT2D eigenvalue weighted by Gasteiger charge is -2.17. The Balaban J connectivity index is 1.56. The number of carbonyl (C=O) groups excluding carboxylic acids is 1. The van der Waals surface area contributed by atoms with E-state index in [1.165, 1.54) is 18.2 Å². The summed E-state index contributed by atoms with van der Waals surface area (Å²) in [5.74, 6) is -0.878. The molecule has 1 aromatic heterocycles. The topological polar surface area (TPSA) is 83.3 Å². The van der Waals surface area contributed by atoms with Crippen LogP contribution < -0.4 is 10.6 Å². The highest BCUT2D eigenvalue weighted by atomic mass is 35.5. The van der Waals surface area contributed by atoms with Crippen LogP contribution in [0.25, 0.3) is 11.5 Å². The minimum absolute atomic E-state index is 0.0441. The van der Waals surface area contributed by atoms with Crippen LogP contribution in [0.1, 0.15) is 37.0 Å². The number of nitrogens with zero attached hydrogens (tertiary/aromatic N) is 3. The van der Waals surface area contributed by atoms with Crippen molar-refractivity contribution in [3.63, 3.8) is 0 Å². The summed E-state index contributed by atoms with van der Waals surface area (Å²) < 4.78 is 19.4. The summed E-state index contributed by atoms with van der Waals surface area (Å²) >= 11 is 6.36. The van der Waals surface area contributed by atoms with Crippen LogP contribution in [-0.2, 0) is 0 Å². The number of unbranched alkanes of at least 4 members (excludes halogenated alkanes) is 1. The van der Waals surface area contributed by atoms with Gasteiger partial charge in [0.25, 0.3) is 11.8 Å². The molecule has 0 atom stereocenters. The van der Waals surface area contributed by atoms with E-state index in [2.05, 4.69) is 39.6 Å². The number of amides is 1. The smallest absolute Gasteiger partial charge is 0.315 e. The molecule has 0 aliphatic rings. The maximum atomic E-state index is 13.8. The number of nitrogens with one attached hydrogen (secondary N) is 2. The van der Waals surface area contributed by atoms with Crippen molar-refractivity contribution >= 4 is 29.2 Å². The average Bonchev–Trinajstić information content (AvgIpc) is 3.25. The molecule has 9 heteroatoms. The second-order valence-electron chi connectivity index (χ2n) is 7.20. The number of aromatic nitrogens is 2. The predicted octanol–water partition coefficient (Wildman–Crippen LogP) is 5.32. The minimum atomic E-state index is -0.591. The number of rotatable bonds is 11.